The molecule has 0 saturated heterocycles. The third-order valence-corrected chi connectivity index (χ3v) is 7.38. The van der Waals surface area contributed by atoms with Crippen molar-refractivity contribution < 1.29 is 23.2 Å². The van der Waals surface area contributed by atoms with Crippen LogP contribution in [0.1, 0.15) is 44.1 Å². The third-order valence-electron chi connectivity index (χ3n) is 6.32. The van der Waals surface area contributed by atoms with E-state index in [1.54, 1.807) is 6.07 Å². The Morgan fingerprint density at radius 3 is 2.81 bits per heavy atom. The molecule has 3 rings (SSSR count). The smallest absolute Gasteiger partial charge is 0.303 e. The highest BCUT2D eigenvalue weighted by Crippen LogP contribution is 2.52. The molecule has 2 aliphatic rings. The minimum absolute atomic E-state index is 0.0903. The first-order chi connectivity index (χ1) is 14.7. The van der Waals surface area contributed by atoms with E-state index >= 15 is 0 Å². The second-order valence-corrected chi connectivity index (χ2v) is 9.99. The molecule has 4 unspecified atom stereocenters. The molecular formula is C22H28N2O6S. The van der Waals surface area contributed by atoms with Crippen LogP contribution in [0.25, 0.3) is 6.08 Å². The van der Waals surface area contributed by atoms with E-state index in [1.165, 1.54) is 24.3 Å². The van der Waals surface area contributed by atoms with Crippen LogP contribution in [0.15, 0.2) is 41.8 Å². The molecule has 2 N–H and O–H groups in total. The van der Waals surface area contributed by atoms with Crippen molar-refractivity contribution in [2.45, 2.75) is 38.5 Å². The standard InChI is InChI=1S/C22H28N2O6S/c25-22(26)8-3-1-2-7-20-17-9-10-18(14-17)21(20)15-23-31(29,30)12-11-16-5-4-6-19(13-16)24(27)28/h2,4-7,11-13,17-18,20-21,23H,1,3,8-10,14-15H2,(H,25,26). The van der Waals surface area contributed by atoms with Crippen molar-refractivity contribution in [2.24, 2.45) is 23.7 Å². The number of nitrogens with zero attached hydrogens (tertiary/aromatic N) is 1. The van der Waals surface area contributed by atoms with Crippen LogP contribution in [-0.4, -0.2) is 31.0 Å². The molecule has 2 bridgehead atoms. The highest BCUT2D eigenvalue weighted by atomic mass is 32.2. The van der Waals surface area contributed by atoms with Gasteiger partial charge in [0.1, 0.15) is 0 Å². The molecule has 31 heavy (non-hydrogen) atoms. The van der Waals surface area contributed by atoms with Crippen molar-refractivity contribution >= 4 is 27.8 Å². The number of carbonyl (C=O) groups is 1. The normalized spacial score (nSPS) is 25.5. The summed E-state index contributed by atoms with van der Waals surface area (Å²) in [5.74, 6) is 0.819. The van der Waals surface area contributed by atoms with Gasteiger partial charge >= 0.3 is 5.97 Å². The Kier molecular flexibility index (Phi) is 7.61. The van der Waals surface area contributed by atoms with Gasteiger partial charge in [0.2, 0.25) is 10.0 Å². The second kappa shape index (κ2) is 10.2. The van der Waals surface area contributed by atoms with E-state index in [1.807, 2.05) is 6.08 Å². The number of hydrogen-bond donors (Lipinski definition) is 2. The van der Waals surface area contributed by atoms with Gasteiger partial charge in [0.05, 0.1) is 4.92 Å². The summed E-state index contributed by atoms with van der Waals surface area (Å²) >= 11 is 0. The number of nitro groups is 1. The summed E-state index contributed by atoms with van der Waals surface area (Å²) in [6.45, 7) is 0.354. The largest absolute Gasteiger partial charge is 0.481 e. The van der Waals surface area contributed by atoms with Gasteiger partial charge in [-0.05, 0) is 67.4 Å². The average Bonchev–Trinajstić information content (AvgIpc) is 3.32. The van der Waals surface area contributed by atoms with Crippen LogP contribution in [-0.2, 0) is 14.8 Å². The number of unbranched alkanes of at least 4 members (excludes halogenated alkanes) is 1. The lowest BCUT2D eigenvalue weighted by Gasteiger charge is -2.29. The first kappa shape index (κ1) is 23.1. The SMILES string of the molecule is O=C(O)CCCC=CC1C2CCC(C2)C1CNS(=O)(=O)C=Cc1cccc([N+](=O)[O-])c1. The molecule has 0 aliphatic heterocycles. The van der Waals surface area contributed by atoms with E-state index in [0.717, 1.165) is 24.7 Å². The van der Waals surface area contributed by atoms with Crippen LogP contribution in [0.2, 0.25) is 0 Å². The lowest BCUT2D eigenvalue weighted by Crippen LogP contribution is -2.34. The summed E-state index contributed by atoms with van der Waals surface area (Å²) in [5, 5.41) is 20.6. The molecule has 2 fully saturated rings. The Bertz CT molecular complexity index is 972. The molecule has 4 atom stereocenters. The zero-order valence-corrected chi connectivity index (χ0v) is 18.0. The molecule has 0 amide bonds. The van der Waals surface area contributed by atoms with Gasteiger partial charge in [-0.3, -0.25) is 14.9 Å². The van der Waals surface area contributed by atoms with E-state index < -0.39 is 20.9 Å². The number of benzene rings is 1. The minimum atomic E-state index is -3.67. The predicted molar refractivity (Wildman–Crippen MR) is 117 cm³/mol. The maximum absolute atomic E-state index is 12.4. The minimum Gasteiger partial charge on any atom is -0.481 e. The van der Waals surface area contributed by atoms with Crippen molar-refractivity contribution in [3.8, 4) is 0 Å². The van der Waals surface area contributed by atoms with Crippen LogP contribution >= 0.6 is 0 Å². The summed E-state index contributed by atoms with van der Waals surface area (Å²) in [6, 6.07) is 5.81. The van der Waals surface area contributed by atoms with E-state index in [9.17, 15) is 23.3 Å². The third kappa shape index (κ3) is 6.48. The summed E-state index contributed by atoms with van der Waals surface area (Å²) in [4.78, 5) is 21.0. The molecule has 8 nitrogen and oxygen atoms in total. The number of nitro benzene ring substituents is 1. The number of nitrogens with one attached hydrogen (secondary N) is 1. The molecule has 2 aliphatic carbocycles. The van der Waals surface area contributed by atoms with Gasteiger partial charge in [-0.2, -0.15) is 0 Å². The van der Waals surface area contributed by atoms with Crippen LogP contribution in [0, 0.1) is 33.8 Å². The number of sulfonamides is 1. The zero-order chi connectivity index (χ0) is 22.4. The Morgan fingerprint density at radius 1 is 1.29 bits per heavy atom. The van der Waals surface area contributed by atoms with Crippen LogP contribution < -0.4 is 4.72 Å². The van der Waals surface area contributed by atoms with Gasteiger partial charge in [0, 0.05) is 30.5 Å². The number of rotatable bonds is 11. The van der Waals surface area contributed by atoms with Crippen LogP contribution in [0.5, 0.6) is 0 Å². The predicted octanol–water partition coefficient (Wildman–Crippen LogP) is 3.96. The number of carboxylic acids is 1. The number of carboxylic acid groups (broad SMARTS) is 1. The van der Waals surface area contributed by atoms with Crippen molar-refractivity contribution in [3.05, 3.63) is 57.5 Å². The van der Waals surface area contributed by atoms with E-state index in [2.05, 4.69) is 10.8 Å². The van der Waals surface area contributed by atoms with Gasteiger partial charge in [-0.15, -0.1) is 0 Å². The van der Waals surface area contributed by atoms with Gasteiger partial charge in [-0.25, -0.2) is 13.1 Å². The van der Waals surface area contributed by atoms with Gasteiger partial charge in [0.15, 0.2) is 0 Å². The lowest BCUT2D eigenvalue weighted by atomic mass is 9.79. The van der Waals surface area contributed by atoms with Gasteiger partial charge in [0.25, 0.3) is 5.69 Å². The van der Waals surface area contributed by atoms with E-state index in [0.29, 0.717) is 42.7 Å². The van der Waals surface area contributed by atoms with Crippen LogP contribution in [0.3, 0.4) is 0 Å². The fraction of sp³-hybridized carbons (Fsp3) is 0.500. The summed E-state index contributed by atoms with van der Waals surface area (Å²) in [7, 11) is -3.67. The molecule has 9 heteroatoms. The molecule has 0 heterocycles. The van der Waals surface area contributed by atoms with Crippen molar-refractivity contribution in [2.75, 3.05) is 6.54 Å². The molecule has 1 aromatic rings. The quantitative estimate of drug-likeness (QED) is 0.228. The lowest BCUT2D eigenvalue weighted by molar-refractivity contribution is -0.384. The summed E-state index contributed by atoms with van der Waals surface area (Å²) in [6.07, 6.45) is 10.4. The monoisotopic (exact) mass is 448 g/mol. The molecule has 0 radical (unpaired) electrons. The Hall–Kier alpha value is -2.52. The van der Waals surface area contributed by atoms with Gasteiger partial charge < -0.3 is 5.11 Å². The highest BCUT2D eigenvalue weighted by molar-refractivity contribution is 7.92. The maximum atomic E-state index is 12.4. The first-order valence-corrected chi connectivity index (χ1v) is 12.1. The van der Waals surface area contributed by atoms with Gasteiger partial charge in [-0.1, -0.05) is 24.3 Å². The number of non-ortho nitro benzene ring substituents is 1. The Labute approximate surface area is 182 Å². The molecule has 168 valence electrons. The topological polar surface area (TPSA) is 127 Å². The van der Waals surface area contributed by atoms with E-state index in [-0.39, 0.29) is 18.0 Å². The van der Waals surface area contributed by atoms with E-state index in [4.69, 9.17) is 5.11 Å². The molecule has 0 spiro atoms. The van der Waals surface area contributed by atoms with Crippen LogP contribution in [0.4, 0.5) is 5.69 Å². The number of aliphatic carboxylic acids is 1. The summed E-state index contributed by atoms with van der Waals surface area (Å²) in [5.41, 5.74) is 0.356. The Morgan fingerprint density at radius 2 is 2.06 bits per heavy atom. The molecular weight excluding hydrogens is 420 g/mol. The molecule has 0 aromatic heterocycles. The fourth-order valence-electron chi connectivity index (χ4n) is 4.85. The zero-order valence-electron chi connectivity index (χ0n) is 17.2. The van der Waals surface area contributed by atoms with Crippen molar-refractivity contribution in [1.82, 2.24) is 4.72 Å². The maximum Gasteiger partial charge on any atom is 0.303 e. The van der Waals surface area contributed by atoms with Crippen molar-refractivity contribution in [3.63, 3.8) is 0 Å². The Balaban J connectivity index is 1.57. The number of allylic oxidation sites excluding steroid dienone is 2. The fourth-order valence-corrected chi connectivity index (χ4v) is 5.71. The average molecular weight is 449 g/mol. The number of hydrogen-bond acceptors (Lipinski definition) is 5. The first-order valence-electron chi connectivity index (χ1n) is 10.6. The second-order valence-electron chi connectivity index (χ2n) is 8.34. The molecule has 1 aromatic carbocycles. The number of fused-ring (bicyclic) bond motifs is 2. The molecule has 2 saturated carbocycles. The highest BCUT2D eigenvalue weighted by Gasteiger charge is 2.46. The summed E-state index contributed by atoms with van der Waals surface area (Å²) < 4.78 is 27.6. The van der Waals surface area contributed by atoms with Crippen molar-refractivity contribution in [1.29, 1.82) is 0 Å².